The summed E-state index contributed by atoms with van der Waals surface area (Å²) in [5.74, 6) is -0.119. The quantitative estimate of drug-likeness (QED) is 0.154. The second-order valence-corrected chi connectivity index (χ2v) is 11.6. The third-order valence-electron chi connectivity index (χ3n) is 7.35. The van der Waals surface area contributed by atoms with Gasteiger partial charge in [-0.25, -0.2) is 4.98 Å². The van der Waals surface area contributed by atoms with Crippen LogP contribution in [0.15, 0.2) is 102 Å². The highest BCUT2D eigenvalue weighted by molar-refractivity contribution is 7.99. The minimum Gasteiger partial charge on any atom is -0.453 e. The molecule has 0 radical (unpaired) electrons. The van der Waals surface area contributed by atoms with E-state index in [2.05, 4.69) is 10.3 Å². The van der Waals surface area contributed by atoms with Crippen LogP contribution in [0.1, 0.15) is 54.9 Å². The van der Waals surface area contributed by atoms with Crippen LogP contribution in [-0.2, 0) is 37.0 Å². The van der Waals surface area contributed by atoms with E-state index >= 15 is 0 Å². The highest BCUT2D eigenvalue weighted by Gasteiger charge is 2.32. The van der Waals surface area contributed by atoms with Crippen molar-refractivity contribution in [1.29, 1.82) is 0 Å². The number of thioether (sulfide) groups is 1. The van der Waals surface area contributed by atoms with Gasteiger partial charge in [-0.2, -0.15) is 0 Å². The molecule has 4 atom stereocenters. The van der Waals surface area contributed by atoms with E-state index in [0.29, 0.717) is 13.0 Å². The number of aliphatic hydroxyl groups is 1. The second kappa shape index (κ2) is 15.1. The van der Waals surface area contributed by atoms with Crippen molar-refractivity contribution < 1.29 is 28.9 Å². The van der Waals surface area contributed by atoms with Gasteiger partial charge in [-0.05, 0) is 46.9 Å². The number of nitrogens with one attached hydrogen (secondary N) is 1. The molecule has 0 bridgehead atoms. The van der Waals surface area contributed by atoms with Gasteiger partial charge in [0.05, 0.1) is 23.8 Å². The van der Waals surface area contributed by atoms with Crippen molar-refractivity contribution in [3.63, 3.8) is 0 Å². The number of hydrogen-bond donors (Lipinski definition) is 2. The summed E-state index contributed by atoms with van der Waals surface area (Å²) < 4.78 is 18.0. The van der Waals surface area contributed by atoms with Gasteiger partial charge in [-0.15, -0.1) is 11.8 Å². The molecule has 1 aromatic heterocycles. The Kier molecular flexibility index (Phi) is 10.8. The number of pyridine rings is 1. The van der Waals surface area contributed by atoms with Gasteiger partial charge in [0, 0.05) is 37.4 Å². The summed E-state index contributed by atoms with van der Waals surface area (Å²) in [6, 6.07) is 29.7. The van der Waals surface area contributed by atoms with Crippen molar-refractivity contribution in [2.75, 3.05) is 5.75 Å². The van der Waals surface area contributed by atoms with Crippen molar-refractivity contribution in [2.45, 2.75) is 63.0 Å². The van der Waals surface area contributed by atoms with Crippen molar-refractivity contribution in [1.82, 2.24) is 10.3 Å². The summed E-state index contributed by atoms with van der Waals surface area (Å²) in [5, 5.41) is 13.3. The van der Waals surface area contributed by atoms with E-state index in [4.69, 9.17) is 14.2 Å². The molecule has 2 N–H and O–H groups in total. The number of rotatable bonds is 11. The van der Waals surface area contributed by atoms with E-state index in [9.17, 15) is 14.7 Å². The molecule has 1 amide bonds. The van der Waals surface area contributed by atoms with Crippen molar-refractivity contribution in [3.05, 3.63) is 119 Å². The molecule has 228 valence electrons. The number of aliphatic hydroxyl groups excluding tert-OH is 1. The number of hydrogen-bond acceptors (Lipinski definition) is 8. The summed E-state index contributed by atoms with van der Waals surface area (Å²) in [6.45, 7) is 3.12. The molecule has 0 saturated carbocycles. The van der Waals surface area contributed by atoms with E-state index in [1.165, 1.54) is 6.92 Å². The van der Waals surface area contributed by atoms with Crippen LogP contribution < -0.4 is 5.32 Å². The van der Waals surface area contributed by atoms with Gasteiger partial charge in [0.25, 0.3) is 5.91 Å². The third-order valence-corrected chi connectivity index (χ3v) is 8.42. The van der Waals surface area contributed by atoms with E-state index in [0.717, 1.165) is 44.2 Å². The van der Waals surface area contributed by atoms with E-state index in [1.54, 1.807) is 24.9 Å². The largest absolute Gasteiger partial charge is 0.453 e. The standard InChI is InChI=1S/C35H36N2O6S/c1-23(41-24(2)39)34(40)37-20-29-7-3-4-8-31(29)26-14-16-28(17-15-26)35-42-30(22-44-33-9-5-6-18-36-33)19-32(43-35)27-12-10-25(21-38)11-13-27/h3-18,23,30,32,35,38H,19-22H2,1-2H3,(H,37,40)/t23-,30-,32+,35+/m0/s1. The van der Waals surface area contributed by atoms with E-state index < -0.39 is 18.4 Å². The van der Waals surface area contributed by atoms with Crippen LogP contribution in [-0.4, -0.2) is 39.9 Å². The zero-order valence-corrected chi connectivity index (χ0v) is 25.5. The maximum atomic E-state index is 12.4. The summed E-state index contributed by atoms with van der Waals surface area (Å²) in [4.78, 5) is 28.0. The molecule has 5 rings (SSSR count). The molecule has 1 saturated heterocycles. The summed E-state index contributed by atoms with van der Waals surface area (Å²) in [6.07, 6.45) is 0.820. The van der Waals surface area contributed by atoms with Gasteiger partial charge in [-0.1, -0.05) is 78.9 Å². The lowest BCUT2D eigenvalue weighted by molar-refractivity contribution is -0.245. The lowest BCUT2D eigenvalue weighted by atomic mass is 9.97. The van der Waals surface area contributed by atoms with Gasteiger partial charge < -0.3 is 24.6 Å². The first-order valence-corrected chi connectivity index (χ1v) is 15.6. The second-order valence-electron chi connectivity index (χ2n) is 10.6. The van der Waals surface area contributed by atoms with Crippen molar-refractivity contribution in [2.24, 2.45) is 0 Å². The number of amides is 1. The molecular formula is C35H36N2O6S. The number of carbonyl (C=O) groups is 2. The Hall–Kier alpha value is -4.02. The first kappa shape index (κ1) is 31.4. The van der Waals surface area contributed by atoms with E-state index in [-0.39, 0.29) is 24.7 Å². The fourth-order valence-corrected chi connectivity index (χ4v) is 5.92. The molecule has 8 nitrogen and oxygen atoms in total. The lowest BCUT2D eigenvalue weighted by Crippen LogP contribution is -2.35. The molecule has 1 fully saturated rings. The molecule has 4 aromatic rings. The average molecular weight is 613 g/mol. The number of aromatic nitrogens is 1. The zero-order chi connectivity index (χ0) is 30.9. The van der Waals surface area contributed by atoms with Crippen LogP contribution in [0.25, 0.3) is 11.1 Å². The Morgan fingerprint density at radius 2 is 1.70 bits per heavy atom. The predicted molar refractivity (Wildman–Crippen MR) is 168 cm³/mol. The Bertz CT molecular complexity index is 1530. The van der Waals surface area contributed by atoms with E-state index in [1.807, 2.05) is 91.0 Å². The van der Waals surface area contributed by atoms with Crippen molar-refractivity contribution in [3.8, 4) is 11.1 Å². The smallest absolute Gasteiger partial charge is 0.303 e. The third kappa shape index (κ3) is 8.33. The zero-order valence-electron chi connectivity index (χ0n) is 24.7. The topological polar surface area (TPSA) is 107 Å². The highest BCUT2D eigenvalue weighted by atomic mass is 32.2. The molecule has 2 heterocycles. The molecule has 0 aliphatic carbocycles. The number of esters is 1. The number of carbonyl (C=O) groups excluding carboxylic acids is 2. The SMILES string of the molecule is CC(=O)O[C@@H](C)C(=O)NCc1ccccc1-c1ccc([C@@H]2O[C@H](CSc3ccccn3)C[C@H](c3ccc(CO)cc3)O2)cc1. The first-order chi connectivity index (χ1) is 21.4. The molecular weight excluding hydrogens is 576 g/mol. The Labute approximate surface area is 261 Å². The summed E-state index contributed by atoms with van der Waals surface area (Å²) >= 11 is 1.66. The molecule has 0 spiro atoms. The van der Waals surface area contributed by atoms with Crippen LogP contribution in [0.3, 0.4) is 0 Å². The fourth-order valence-electron chi connectivity index (χ4n) is 5.04. The maximum Gasteiger partial charge on any atom is 0.303 e. The van der Waals surface area contributed by atoms with Gasteiger partial charge in [0.2, 0.25) is 0 Å². The molecule has 44 heavy (non-hydrogen) atoms. The predicted octanol–water partition coefficient (Wildman–Crippen LogP) is 6.15. The monoisotopic (exact) mass is 612 g/mol. The highest BCUT2D eigenvalue weighted by Crippen LogP contribution is 2.40. The Morgan fingerprint density at radius 1 is 0.977 bits per heavy atom. The summed E-state index contributed by atoms with van der Waals surface area (Å²) in [5.41, 5.74) is 5.70. The first-order valence-electron chi connectivity index (χ1n) is 14.6. The van der Waals surface area contributed by atoms with Crippen LogP contribution >= 0.6 is 11.8 Å². The van der Waals surface area contributed by atoms with Gasteiger partial charge >= 0.3 is 5.97 Å². The maximum absolute atomic E-state index is 12.4. The minimum absolute atomic E-state index is 0.00384. The molecule has 1 aliphatic heterocycles. The molecule has 3 aromatic carbocycles. The van der Waals surface area contributed by atoms with Gasteiger partial charge in [0.15, 0.2) is 12.4 Å². The van der Waals surface area contributed by atoms with Crippen molar-refractivity contribution >= 4 is 23.6 Å². The molecule has 1 aliphatic rings. The normalized spacial score (nSPS) is 18.8. The Morgan fingerprint density at radius 3 is 2.41 bits per heavy atom. The van der Waals surface area contributed by atoms with Gasteiger partial charge in [0.1, 0.15) is 0 Å². The van der Waals surface area contributed by atoms with Crippen LogP contribution in [0, 0.1) is 0 Å². The minimum atomic E-state index is -0.864. The number of nitrogens with zero attached hydrogens (tertiary/aromatic N) is 1. The van der Waals surface area contributed by atoms with Crippen LogP contribution in [0.2, 0.25) is 0 Å². The van der Waals surface area contributed by atoms with Crippen LogP contribution in [0.5, 0.6) is 0 Å². The number of ether oxygens (including phenoxy) is 3. The number of benzene rings is 3. The molecule has 9 heteroatoms. The fraction of sp³-hybridized carbons (Fsp3) is 0.286. The molecule has 0 unspecified atom stereocenters. The average Bonchev–Trinajstić information content (AvgIpc) is 3.06. The lowest BCUT2D eigenvalue weighted by Gasteiger charge is -2.36. The van der Waals surface area contributed by atoms with Crippen LogP contribution in [0.4, 0.5) is 0 Å². The van der Waals surface area contributed by atoms with Gasteiger partial charge in [-0.3, -0.25) is 9.59 Å². The summed E-state index contributed by atoms with van der Waals surface area (Å²) in [7, 11) is 0. The Balaban J connectivity index is 1.31.